The van der Waals surface area contributed by atoms with E-state index in [1.54, 1.807) is 30.5 Å². The van der Waals surface area contributed by atoms with E-state index >= 15 is 0 Å². The van der Waals surface area contributed by atoms with Gasteiger partial charge in [0.15, 0.2) is 6.10 Å². The summed E-state index contributed by atoms with van der Waals surface area (Å²) in [5.74, 6) is 0.815. The number of nitrogens with one attached hydrogen (secondary N) is 1. The van der Waals surface area contributed by atoms with Gasteiger partial charge in [-0.05, 0) is 35.9 Å². The van der Waals surface area contributed by atoms with Crippen molar-refractivity contribution < 1.29 is 14.3 Å². The Morgan fingerprint density at radius 3 is 3.14 bits per heavy atom. The summed E-state index contributed by atoms with van der Waals surface area (Å²) in [5.41, 5.74) is 1.45. The van der Waals surface area contributed by atoms with Crippen LogP contribution in [0.25, 0.3) is 0 Å². The molecule has 0 bridgehead atoms. The number of carbonyl (C=O) groups excluding carboxylic acids is 1. The minimum Gasteiger partial charge on any atom is -0.480 e. The molecule has 1 aliphatic rings. The van der Waals surface area contributed by atoms with Crippen molar-refractivity contribution in [3.8, 4) is 11.6 Å². The normalized spacial score (nSPS) is 16.0. The fraction of sp³-hybridized carbons (Fsp3) is 0.200. The van der Waals surface area contributed by atoms with Gasteiger partial charge in [0, 0.05) is 17.6 Å². The summed E-state index contributed by atoms with van der Waals surface area (Å²) in [4.78, 5) is 16.3. The molecule has 0 aliphatic carbocycles. The van der Waals surface area contributed by atoms with Gasteiger partial charge in [-0.2, -0.15) is 0 Å². The fourth-order valence-corrected chi connectivity index (χ4v) is 2.42. The molecule has 6 heteroatoms. The number of rotatable bonds is 3. The standard InChI is InChI=1S/C15H13ClN2O3/c1-20-15-11(3-2-6-17-15)18-14(19)13-8-9-7-10(16)4-5-12(9)21-13/h2-7,13H,8H2,1H3,(H,18,19). The lowest BCUT2D eigenvalue weighted by Crippen LogP contribution is -2.31. The van der Waals surface area contributed by atoms with E-state index in [1.807, 2.05) is 6.07 Å². The SMILES string of the molecule is COc1ncccc1NC(=O)C1Cc2cc(Cl)ccc2O1. The number of methoxy groups -OCH3 is 1. The number of pyridine rings is 1. The average Bonchev–Trinajstić information content (AvgIpc) is 2.91. The number of hydrogen-bond acceptors (Lipinski definition) is 4. The molecule has 0 spiro atoms. The van der Waals surface area contributed by atoms with Gasteiger partial charge < -0.3 is 14.8 Å². The summed E-state index contributed by atoms with van der Waals surface area (Å²) in [7, 11) is 1.50. The third-order valence-electron chi connectivity index (χ3n) is 3.21. The van der Waals surface area contributed by atoms with Crippen LogP contribution in [0.2, 0.25) is 5.02 Å². The van der Waals surface area contributed by atoms with Crippen molar-refractivity contribution in [2.75, 3.05) is 12.4 Å². The van der Waals surface area contributed by atoms with Gasteiger partial charge in [-0.25, -0.2) is 4.98 Å². The van der Waals surface area contributed by atoms with Crippen LogP contribution >= 0.6 is 11.6 Å². The van der Waals surface area contributed by atoms with E-state index in [2.05, 4.69) is 10.3 Å². The van der Waals surface area contributed by atoms with E-state index in [-0.39, 0.29) is 5.91 Å². The van der Waals surface area contributed by atoms with Crippen molar-refractivity contribution in [1.82, 2.24) is 4.98 Å². The Balaban J connectivity index is 1.73. The molecule has 0 saturated heterocycles. The lowest BCUT2D eigenvalue weighted by molar-refractivity contribution is -0.122. The van der Waals surface area contributed by atoms with E-state index < -0.39 is 6.10 Å². The fourth-order valence-electron chi connectivity index (χ4n) is 2.23. The van der Waals surface area contributed by atoms with Gasteiger partial charge in [0.2, 0.25) is 5.88 Å². The number of amides is 1. The third kappa shape index (κ3) is 2.78. The zero-order chi connectivity index (χ0) is 14.8. The molecular weight excluding hydrogens is 292 g/mol. The van der Waals surface area contributed by atoms with Gasteiger partial charge in [0.05, 0.1) is 7.11 Å². The summed E-state index contributed by atoms with van der Waals surface area (Å²) in [6.45, 7) is 0. The van der Waals surface area contributed by atoms with Crippen molar-refractivity contribution in [2.45, 2.75) is 12.5 Å². The minimum atomic E-state index is -0.580. The molecule has 1 atom stereocenters. The molecular formula is C15H13ClN2O3. The second-order valence-electron chi connectivity index (χ2n) is 4.61. The topological polar surface area (TPSA) is 60.5 Å². The molecule has 2 heterocycles. The van der Waals surface area contributed by atoms with Gasteiger partial charge in [-0.3, -0.25) is 4.79 Å². The van der Waals surface area contributed by atoms with Crippen LogP contribution in [0.1, 0.15) is 5.56 Å². The summed E-state index contributed by atoms with van der Waals surface area (Å²) >= 11 is 5.94. The van der Waals surface area contributed by atoms with Crippen molar-refractivity contribution >= 4 is 23.2 Å². The van der Waals surface area contributed by atoms with Gasteiger partial charge in [0.1, 0.15) is 11.4 Å². The summed E-state index contributed by atoms with van der Waals surface area (Å²) in [5, 5.41) is 3.40. The molecule has 5 nitrogen and oxygen atoms in total. The van der Waals surface area contributed by atoms with Crippen LogP contribution in [-0.2, 0) is 11.2 Å². The predicted molar refractivity (Wildman–Crippen MR) is 79.0 cm³/mol. The third-order valence-corrected chi connectivity index (χ3v) is 3.45. The monoisotopic (exact) mass is 304 g/mol. The van der Waals surface area contributed by atoms with Crippen LogP contribution in [0.15, 0.2) is 36.5 Å². The highest BCUT2D eigenvalue weighted by Gasteiger charge is 2.29. The average molecular weight is 305 g/mol. The molecule has 0 radical (unpaired) electrons. The van der Waals surface area contributed by atoms with Crippen LogP contribution in [0.4, 0.5) is 5.69 Å². The number of aromatic nitrogens is 1. The molecule has 1 aliphatic heterocycles. The van der Waals surface area contributed by atoms with Crippen LogP contribution < -0.4 is 14.8 Å². The number of hydrogen-bond donors (Lipinski definition) is 1. The van der Waals surface area contributed by atoms with E-state index in [4.69, 9.17) is 21.1 Å². The molecule has 0 saturated carbocycles. The first-order valence-corrected chi connectivity index (χ1v) is 6.80. The molecule has 21 heavy (non-hydrogen) atoms. The zero-order valence-corrected chi connectivity index (χ0v) is 12.1. The largest absolute Gasteiger partial charge is 0.480 e. The Morgan fingerprint density at radius 1 is 1.48 bits per heavy atom. The highest BCUT2D eigenvalue weighted by molar-refractivity contribution is 6.30. The van der Waals surface area contributed by atoms with Crippen molar-refractivity contribution in [3.63, 3.8) is 0 Å². The Morgan fingerprint density at radius 2 is 2.33 bits per heavy atom. The minimum absolute atomic E-state index is 0.242. The lowest BCUT2D eigenvalue weighted by Gasteiger charge is -2.12. The van der Waals surface area contributed by atoms with Crippen LogP contribution in [0.3, 0.4) is 0 Å². The number of anilines is 1. The number of fused-ring (bicyclic) bond motifs is 1. The molecule has 1 aromatic heterocycles. The van der Waals surface area contributed by atoms with Crippen molar-refractivity contribution in [1.29, 1.82) is 0 Å². The number of halogens is 1. The van der Waals surface area contributed by atoms with Gasteiger partial charge >= 0.3 is 0 Å². The van der Waals surface area contributed by atoms with Crippen molar-refractivity contribution in [2.24, 2.45) is 0 Å². The second-order valence-corrected chi connectivity index (χ2v) is 5.05. The summed E-state index contributed by atoms with van der Waals surface area (Å²) < 4.78 is 10.7. The molecule has 1 amide bonds. The first-order valence-electron chi connectivity index (χ1n) is 6.42. The summed E-state index contributed by atoms with van der Waals surface area (Å²) in [6, 6.07) is 8.78. The molecule has 1 unspecified atom stereocenters. The zero-order valence-electron chi connectivity index (χ0n) is 11.3. The van der Waals surface area contributed by atoms with E-state index in [0.717, 1.165) is 5.56 Å². The molecule has 1 N–H and O–H groups in total. The lowest BCUT2D eigenvalue weighted by atomic mass is 10.1. The molecule has 2 aromatic rings. The number of ether oxygens (including phenoxy) is 2. The predicted octanol–water partition coefficient (Wildman–Crippen LogP) is 2.69. The maximum absolute atomic E-state index is 12.3. The Labute approximate surface area is 126 Å². The second kappa shape index (κ2) is 5.61. The van der Waals surface area contributed by atoms with Crippen LogP contribution in [-0.4, -0.2) is 24.1 Å². The highest BCUT2D eigenvalue weighted by Crippen LogP contribution is 2.31. The van der Waals surface area contributed by atoms with Crippen LogP contribution in [0, 0.1) is 0 Å². The summed E-state index contributed by atoms with van der Waals surface area (Å²) in [6.07, 6.45) is 1.51. The molecule has 3 rings (SSSR count). The van der Waals surface area contributed by atoms with E-state index in [9.17, 15) is 4.79 Å². The van der Waals surface area contributed by atoms with Crippen molar-refractivity contribution in [3.05, 3.63) is 47.1 Å². The van der Waals surface area contributed by atoms with Gasteiger partial charge in [-0.1, -0.05) is 11.6 Å². The first kappa shape index (κ1) is 13.7. The van der Waals surface area contributed by atoms with E-state index in [1.165, 1.54) is 7.11 Å². The Kier molecular flexibility index (Phi) is 3.66. The first-order chi connectivity index (χ1) is 10.2. The Bertz CT molecular complexity index is 690. The quantitative estimate of drug-likeness (QED) is 0.947. The Hall–Kier alpha value is -2.27. The number of nitrogens with zero attached hydrogens (tertiary/aromatic N) is 1. The van der Waals surface area contributed by atoms with E-state index in [0.29, 0.717) is 28.8 Å². The maximum atomic E-state index is 12.3. The van der Waals surface area contributed by atoms with Gasteiger partial charge in [0.25, 0.3) is 5.91 Å². The van der Waals surface area contributed by atoms with Gasteiger partial charge in [-0.15, -0.1) is 0 Å². The molecule has 0 fully saturated rings. The smallest absolute Gasteiger partial charge is 0.265 e. The number of carbonyl (C=O) groups is 1. The molecule has 1 aromatic carbocycles. The highest BCUT2D eigenvalue weighted by atomic mass is 35.5. The number of benzene rings is 1. The molecule has 108 valence electrons. The van der Waals surface area contributed by atoms with Crippen LogP contribution in [0.5, 0.6) is 11.6 Å². The maximum Gasteiger partial charge on any atom is 0.265 e.